The Kier molecular flexibility index (Phi) is 1.60. The lowest BCUT2D eigenvalue weighted by Crippen LogP contribution is -1.86. The van der Waals surface area contributed by atoms with Crippen LogP contribution in [0.3, 0.4) is 0 Å². The van der Waals surface area contributed by atoms with Crippen LogP contribution in [-0.4, -0.2) is 9.55 Å². The second-order valence-electron chi connectivity index (χ2n) is 3.97. The number of aryl methyl sites for hydroxylation is 2. The normalized spacial score (nSPS) is 11.3. The van der Waals surface area contributed by atoms with Crippen LogP contribution in [-0.2, 0) is 7.05 Å². The summed E-state index contributed by atoms with van der Waals surface area (Å²) in [5.41, 5.74) is 3.81. The summed E-state index contributed by atoms with van der Waals surface area (Å²) in [4.78, 5) is 4.19. The first kappa shape index (κ1) is 8.48. The van der Waals surface area contributed by atoms with Crippen LogP contribution in [0.2, 0.25) is 0 Å². The van der Waals surface area contributed by atoms with Crippen molar-refractivity contribution in [2.75, 3.05) is 0 Å². The monoisotopic (exact) mass is 196 g/mol. The second-order valence-corrected chi connectivity index (χ2v) is 3.97. The third-order valence-corrected chi connectivity index (χ3v) is 2.96. The van der Waals surface area contributed by atoms with Gasteiger partial charge in [-0.15, -0.1) is 0 Å². The van der Waals surface area contributed by atoms with Crippen LogP contribution in [0.5, 0.6) is 0 Å². The summed E-state index contributed by atoms with van der Waals surface area (Å²) in [5, 5.41) is 2.52. The molecule has 0 unspecified atom stereocenters. The topological polar surface area (TPSA) is 17.8 Å². The summed E-state index contributed by atoms with van der Waals surface area (Å²) >= 11 is 0. The van der Waals surface area contributed by atoms with Crippen molar-refractivity contribution in [2.45, 2.75) is 6.92 Å². The van der Waals surface area contributed by atoms with Gasteiger partial charge in [0.15, 0.2) is 0 Å². The molecule has 0 radical (unpaired) electrons. The number of nitrogens with zero attached hydrogens (tertiary/aromatic N) is 2. The first-order valence-electron chi connectivity index (χ1n) is 5.06. The van der Waals surface area contributed by atoms with Crippen LogP contribution in [0.25, 0.3) is 21.8 Å². The Hall–Kier alpha value is -1.83. The maximum absolute atomic E-state index is 4.19. The van der Waals surface area contributed by atoms with Gasteiger partial charge in [0, 0.05) is 35.7 Å². The van der Waals surface area contributed by atoms with Crippen LogP contribution < -0.4 is 0 Å². The highest BCUT2D eigenvalue weighted by Gasteiger charge is 2.06. The van der Waals surface area contributed by atoms with Gasteiger partial charge in [-0.1, -0.05) is 12.1 Å². The van der Waals surface area contributed by atoms with E-state index in [1.807, 2.05) is 12.4 Å². The molecule has 0 aliphatic carbocycles. The second kappa shape index (κ2) is 2.83. The van der Waals surface area contributed by atoms with E-state index in [1.54, 1.807) is 0 Å². The smallest absolute Gasteiger partial charge is 0.0519 e. The maximum Gasteiger partial charge on any atom is 0.0519 e. The summed E-state index contributed by atoms with van der Waals surface area (Å²) in [6.07, 6.45) is 3.78. The average Bonchev–Trinajstić information content (AvgIpc) is 2.54. The van der Waals surface area contributed by atoms with Gasteiger partial charge in [0.2, 0.25) is 0 Å². The Morgan fingerprint density at radius 2 is 1.93 bits per heavy atom. The van der Waals surface area contributed by atoms with Crippen molar-refractivity contribution in [1.29, 1.82) is 0 Å². The molecule has 0 N–H and O–H groups in total. The molecule has 0 aliphatic heterocycles. The predicted molar refractivity (Wildman–Crippen MR) is 63.0 cm³/mol. The van der Waals surface area contributed by atoms with Crippen LogP contribution in [0.4, 0.5) is 0 Å². The molecule has 74 valence electrons. The summed E-state index contributed by atoms with van der Waals surface area (Å²) in [6, 6.07) is 8.60. The van der Waals surface area contributed by atoms with Crippen molar-refractivity contribution in [1.82, 2.24) is 9.55 Å². The van der Waals surface area contributed by atoms with Crippen LogP contribution >= 0.6 is 0 Å². The van der Waals surface area contributed by atoms with Crippen LogP contribution in [0.15, 0.2) is 36.7 Å². The standard InChI is InChI=1S/C13H12N2/c1-9-3-4-10-11-8-14-6-5-12(11)15(2)13(10)7-9/h3-8H,1-2H3. The Labute approximate surface area is 88.2 Å². The fraction of sp³-hybridized carbons (Fsp3) is 0.154. The van der Waals surface area contributed by atoms with Crippen molar-refractivity contribution in [3.63, 3.8) is 0 Å². The molecule has 0 spiro atoms. The number of fused-ring (bicyclic) bond motifs is 3. The Morgan fingerprint density at radius 3 is 2.80 bits per heavy atom. The van der Waals surface area contributed by atoms with Crippen molar-refractivity contribution < 1.29 is 0 Å². The molecule has 2 heterocycles. The van der Waals surface area contributed by atoms with Crippen LogP contribution in [0, 0.1) is 6.92 Å². The SMILES string of the molecule is Cc1ccc2c3cnccc3n(C)c2c1. The Bertz CT molecular complexity index is 650. The van der Waals surface area contributed by atoms with Crippen molar-refractivity contribution in [3.05, 3.63) is 42.2 Å². The highest BCUT2D eigenvalue weighted by Crippen LogP contribution is 2.27. The number of pyridine rings is 1. The van der Waals surface area contributed by atoms with Gasteiger partial charge in [-0.3, -0.25) is 4.98 Å². The molecule has 2 heteroatoms. The minimum atomic E-state index is 1.23. The van der Waals surface area contributed by atoms with Gasteiger partial charge in [0.05, 0.1) is 5.52 Å². The molecule has 0 saturated heterocycles. The number of rotatable bonds is 0. The fourth-order valence-corrected chi connectivity index (χ4v) is 2.16. The summed E-state index contributed by atoms with van der Waals surface area (Å²) in [7, 11) is 2.10. The highest BCUT2D eigenvalue weighted by molar-refractivity contribution is 6.07. The predicted octanol–water partition coefficient (Wildman–Crippen LogP) is 3.03. The average molecular weight is 196 g/mol. The van der Waals surface area contributed by atoms with E-state index in [9.17, 15) is 0 Å². The van der Waals surface area contributed by atoms with E-state index in [2.05, 4.69) is 47.8 Å². The van der Waals surface area contributed by atoms with Gasteiger partial charge < -0.3 is 4.57 Å². The minimum Gasteiger partial charge on any atom is -0.344 e. The zero-order chi connectivity index (χ0) is 10.4. The van der Waals surface area contributed by atoms with E-state index in [0.717, 1.165) is 0 Å². The van der Waals surface area contributed by atoms with E-state index in [1.165, 1.54) is 27.4 Å². The highest BCUT2D eigenvalue weighted by atomic mass is 14.9. The zero-order valence-electron chi connectivity index (χ0n) is 8.86. The van der Waals surface area contributed by atoms with Crippen molar-refractivity contribution >= 4 is 21.8 Å². The number of hydrogen-bond acceptors (Lipinski definition) is 1. The molecule has 0 bridgehead atoms. The van der Waals surface area contributed by atoms with Gasteiger partial charge >= 0.3 is 0 Å². The van der Waals surface area contributed by atoms with Gasteiger partial charge in [-0.25, -0.2) is 0 Å². The first-order valence-corrected chi connectivity index (χ1v) is 5.06. The van der Waals surface area contributed by atoms with Crippen molar-refractivity contribution in [3.8, 4) is 0 Å². The van der Waals surface area contributed by atoms with E-state index >= 15 is 0 Å². The fourth-order valence-electron chi connectivity index (χ4n) is 2.16. The molecule has 3 rings (SSSR count). The number of aromatic nitrogens is 2. The summed E-state index contributed by atoms with van der Waals surface area (Å²) in [5.74, 6) is 0. The molecule has 0 saturated carbocycles. The molecule has 3 aromatic rings. The number of benzene rings is 1. The molecule has 0 fully saturated rings. The van der Waals surface area contributed by atoms with Gasteiger partial charge in [0.25, 0.3) is 0 Å². The lowest BCUT2D eigenvalue weighted by Gasteiger charge is -1.97. The van der Waals surface area contributed by atoms with Gasteiger partial charge in [0.1, 0.15) is 0 Å². The third-order valence-electron chi connectivity index (χ3n) is 2.96. The molecule has 15 heavy (non-hydrogen) atoms. The molecule has 1 aromatic carbocycles. The quantitative estimate of drug-likeness (QED) is 0.540. The number of hydrogen-bond donors (Lipinski definition) is 0. The van der Waals surface area contributed by atoms with Gasteiger partial charge in [-0.05, 0) is 24.6 Å². The summed E-state index contributed by atoms with van der Waals surface area (Å²) < 4.78 is 2.22. The Morgan fingerprint density at radius 1 is 1.07 bits per heavy atom. The molecular formula is C13H12N2. The first-order chi connectivity index (χ1) is 7.27. The van der Waals surface area contributed by atoms with E-state index in [0.29, 0.717) is 0 Å². The molecule has 2 nitrogen and oxygen atoms in total. The van der Waals surface area contributed by atoms with Crippen LogP contribution in [0.1, 0.15) is 5.56 Å². The molecule has 0 atom stereocenters. The van der Waals surface area contributed by atoms with E-state index in [-0.39, 0.29) is 0 Å². The molecular weight excluding hydrogens is 184 g/mol. The van der Waals surface area contributed by atoms with E-state index < -0.39 is 0 Å². The molecule has 0 amide bonds. The lowest BCUT2D eigenvalue weighted by atomic mass is 10.1. The molecule has 2 aromatic heterocycles. The van der Waals surface area contributed by atoms with Crippen molar-refractivity contribution in [2.24, 2.45) is 7.05 Å². The lowest BCUT2D eigenvalue weighted by molar-refractivity contribution is 1.01. The Balaban J connectivity index is 2.63. The van der Waals surface area contributed by atoms with Gasteiger partial charge in [-0.2, -0.15) is 0 Å². The maximum atomic E-state index is 4.19. The molecule has 0 aliphatic rings. The zero-order valence-corrected chi connectivity index (χ0v) is 8.86. The van der Waals surface area contributed by atoms with E-state index in [4.69, 9.17) is 0 Å². The summed E-state index contributed by atoms with van der Waals surface area (Å²) in [6.45, 7) is 2.12. The largest absolute Gasteiger partial charge is 0.344 e. The minimum absolute atomic E-state index is 1.23. The third kappa shape index (κ3) is 1.08.